The number of hydrogen-bond acceptors (Lipinski definition) is 5. The Hall–Kier alpha value is -2.15. The number of carbonyl (C=O) groups excluding carboxylic acids is 1. The van der Waals surface area contributed by atoms with Crippen LogP contribution in [-0.4, -0.2) is 43.2 Å². The maximum atomic E-state index is 11.2. The second kappa shape index (κ2) is 6.53. The number of nitrogens with one attached hydrogen (secondary N) is 1. The third-order valence-corrected chi connectivity index (χ3v) is 3.39. The molecule has 1 atom stereocenters. The molecule has 1 saturated heterocycles. The van der Waals surface area contributed by atoms with E-state index < -0.39 is 0 Å². The molecule has 0 aromatic heterocycles. The number of ether oxygens (including phenoxy) is 1. The van der Waals surface area contributed by atoms with E-state index in [-0.39, 0.29) is 22.6 Å². The average molecular weight is 293 g/mol. The minimum atomic E-state index is -0.360. The maximum absolute atomic E-state index is 11.2. The lowest BCUT2D eigenvalue weighted by Gasteiger charge is -2.34. The van der Waals surface area contributed by atoms with Crippen LogP contribution in [0.5, 0.6) is 0 Å². The topological polar surface area (TPSA) is 84.7 Å². The Balaban J connectivity index is 2.14. The molecule has 2 rings (SSSR count). The van der Waals surface area contributed by atoms with Crippen molar-refractivity contribution in [2.45, 2.75) is 20.0 Å². The Bertz CT molecular complexity index is 547. The van der Waals surface area contributed by atoms with Crippen molar-refractivity contribution in [3.63, 3.8) is 0 Å². The molecule has 1 aliphatic rings. The van der Waals surface area contributed by atoms with Crippen molar-refractivity contribution in [3.05, 3.63) is 33.9 Å². The predicted molar refractivity (Wildman–Crippen MR) is 78.5 cm³/mol. The molecule has 1 aromatic carbocycles. The number of carbonyl (C=O) groups is 1. The fourth-order valence-corrected chi connectivity index (χ4v) is 2.37. The van der Waals surface area contributed by atoms with Gasteiger partial charge in [0, 0.05) is 32.6 Å². The van der Waals surface area contributed by atoms with E-state index in [4.69, 9.17) is 4.74 Å². The number of nitrogens with zero attached hydrogens (tertiary/aromatic N) is 2. The van der Waals surface area contributed by atoms with E-state index in [1.54, 1.807) is 12.1 Å². The molecule has 1 fully saturated rings. The largest absolute Gasteiger partial charge is 0.373 e. The van der Waals surface area contributed by atoms with Crippen molar-refractivity contribution >= 4 is 17.3 Å². The van der Waals surface area contributed by atoms with E-state index in [0.717, 1.165) is 5.56 Å². The van der Waals surface area contributed by atoms with E-state index >= 15 is 0 Å². The summed E-state index contributed by atoms with van der Waals surface area (Å²) >= 11 is 0. The Morgan fingerprint density at radius 1 is 1.57 bits per heavy atom. The molecule has 0 spiro atoms. The first-order chi connectivity index (χ1) is 9.97. The monoisotopic (exact) mass is 293 g/mol. The van der Waals surface area contributed by atoms with Crippen LogP contribution in [0.4, 0.5) is 11.4 Å². The number of nitro benzene ring substituents is 1. The number of benzene rings is 1. The molecule has 0 bridgehead atoms. The number of rotatable bonds is 4. The number of morpholine rings is 1. The predicted octanol–water partition coefficient (Wildman–Crippen LogP) is 1.24. The van der Waals surface area contributed by atoms with E-state index in [1.807, 2.05) is 17.9 Å². The molecular weight excluding hydrogens is 274 g/mol. The highest BCUT2D eigenvalue weighted by molar-refractivity contribution is 5.72. The van der Waals surface area contributed by atoms with Gasteiger partial charge in [0.2, 0.25) is 5.91 Å². The van der Waals surface area contributed by atoms with Gasteiger partial charge in [-0.3, -0.25) is 14.9 Å². The molecule has 1 N–H and O–H groups in total. The SMILES string of the molecule is CC(=O)NC[C@H]1CN(c2ccc(C)cc2[N+](=O)[O-])CCO1. The van der Waals surface area contributed by atoms with Crippen molar-refractivity contribution in [3.8, 4) is 0 Å². The first kappa shape index (κ1) is 15.2. The highest BCUT2D eigenvalue weighted by Crippen LogP contribution is 2.30. The maximum Gasteiger partial charge on any atom is 0.292 e. The standard InChI is InChI=1S/C14H19N3O4/c1-10-3-4-13(14(7-10)17(19)20)16-5-6-21-12(9-16)8-15-11(2)18/h3-4,7,12H,5-6,8-9H2,1-2H3,(H,15,18)/t12-/m0/s1. The highest BCUT2D eigenvalue weighted by Gasteiger charge is 2.26. The first-order valence-corrected chi connectivity index (χ1v) is 6.83. The summed E-state index contributed by atoms with van der Waals surface area (Å²) in [6.45, 7) is 5.28. The molecule has 0 unspecified atom stereocenters. The Morgan fingerprint density at radius 2 is 2.33 bits per heavy atom. The van der Waals surface area contributed by atoms with Gasteiger partial charge in [0.1, 0.15) is 5.69 Å². The van der Waals surface area contributed by atoms with Crippen LogP contribution in [0.3, 0.4) is 0 Å². The number of amides is 1. The number of anilines is 1. The first-order valence-electron chi connectivity index (χ1n) is 6.83. The van der Waals surface area contributed by atoms with Crippen LogP contribution in [-0.2, 0) is 9.53 Å². The molecule has 1 amide bonds. The molecule has 1 heterocycles. The minimum absolute atomic E-state index is 0.107. The molecule has 7 heteroatoms. The van der Waals surface area contributed by atoms with Gasteiger partial charge in [-0.25, -0.2) is 0 Å². The minimum Gasteiger partial charge on any atom is -0.373 e. The van der Waals surface area contributed by atoms with Crippen molar-refractivity contribution in [2.24, 2.45) is 0 Å². The second-order valence-electron chi connectivity index (χ2n) is 5.13. The zero-order valence-electron chi connectivity index (χ0n) is 12.2. The third kappa shape index (κ3) is 3.91. The van der Waals surface area contributed by atoms with Gasteiger partial charge >= 0.3 is 0 Å². The quantitative estimate of drug-likeness (QED) is 0.667. The fraction of sp³-hybridized carbons (Fsp3) is 0.500. The van der Waals surface area contributed by atoms with E-state index in [9.17, 15) is 14.9 Å². The number of aryl methyl sites for hydroxylation is 1. The molecular formula is C14H19N3O4. The van der Waals surface area contributed by atoms with E-state index in [0.29, 0.717) is 31.9 Å². The van der Waals surface area contributed by atoms with Gasteiger partial charge < -0.3 is 15.0 Å². The summed E-state index contributed by atoms with van der Waals surface area (Å²) in [5, 5.41) is 13.9. The van der Waals surface area contributed by atoms with Crippen LogP contribution >= 0.6 is 0 Å². The van der Waals surface area contributed by atoms with Crippen LogP contribution in [0, 0.1) is 17.0 Å². The Labute approximate surface area is 123 Å². The zero-order chi connectivity index (χ0) is 15.4. The second-order valence-corrected chi connectivity index (χ2v) is 5.13. The summed E-state index contributed by atoms with van der Waals surface area (Å²) in [6.07, 6.45) is -0.163. The molecule has 114 valence electrons. The van der Waals surface area contributed by atoms with Gasteiger partial charge in [-0.2, -0.15) is 0 Å². The summed E-state index contributed by atoms with van der Waals surface area (Å²) in [7, 11) is 0. The van der Waals surface area contributed by atoms with Gasteiger partial charge in [0.15, 0.2) is 0 Å². The fourth-order valence-electron chi connectivity index (χ4n) is 2.37. The lowest BCUT2D eigenvalue weighted by atomic mass is 10.1. The van der Waals surface area contributed by atoms with Crippen LogP contribution in [0.2, 0.25) is 0 Å². The molecule has 1 aromatic rings. The Kier molecular flexibility index (Phi) is 4.74. The van der Waals surface area contributed by atoms with Crippen LogP contribution in [0.25, 0.3) is 0 Å². The van der Waals surface area contributed by atoms with Crippen molar-refractivity contribution in [1.29, 1.82) is 0 Å². The lowest BCUT2D eigenvalue weighted by molar-refractivity contribution is -0.384. The van der Waals surface area contributed by atoms with E-state index in [2.05, 4.69) is 5.32 Å². The average Bonchev–Trinajstić information content (AvgIpc) is 2.45. The summed E-state index contributed by atoms with van der Waals surface area (Å²) < 4.78 is 5.58. The third-order valence-electron chi connectivity index (χ3n) is 3.39. The van der Waals surface area contributed by atoms with Gasteiger partial charge in [-0.15, -0.1) is 0 Å². The van der Waals surface area contributed by atoms with Gasteiger partial charge in [-0.1, -0.05) is 6.07 Å². The summed E-state index contributed by atoms with van der Waals surface area (Å²) in [5.41, 5.74) is 1.56. The molecule has 7 nitrogen and oxygen atoms in total. The van der Waals surface area contributed by atoms with Gasteiger partial charge in [-0.05, 0) is 18.6 Å². The lowest BCUT2D eigenvalue weighted by Crippen LogP contribution is -2.47. The van der Waals surface area contributed by atoms with Gasteiger partial charge in [0.05, 0.1) is 17.6 Å². The summed E-state index contributed by atoms with van der Waals surface area (Å²) in [5.74, 6) is -0.114. The zero-order valence-corrected chi connectivity index (χ0v) is 12.2. The summed E-state index contributed by atoms with van der Waals surface area (Å²) in [6, 6.07) is 5.21. The van der Waals surface area contributed by atoms with Gasteiger partial charge in [0.25, 0.3) is 5.69 Å². The smallest absolute Gasteiger partial charge is 0.292 e. The van der Waals surface area contributed by atoms with Crippen molar-refractivity contribution in [2.75, 3.05) is 31.1 Å². The van der Waals surface area contributed by atoms with Crippen molar-refractivity contribution in [1.82, 2.24) is 5.32 Å². The normalized spacial score (nSPS) is 18.4. The Morgan fingerprint density at radius 3 is 3.00 bits per heavy atom. The van der Waals surface area contributed by atoms with Crippen LogP contribution < -0.4 is 10.2 Å². The van der Waals surface area contributed by atoms with Crippen molar-refractivity contribution < 1.29 is 14.5 Å². The molecule has 1 aliphatic heterocycles. The van der Waals surface area contributed by atoms with E-state index in [1.165, 1.54) is 6.92 Å². The van der Waals surface area contributed by atoms with Crippen LogP contribution in [0.15, 0.2) is 18.2 Å². The van der Waals surface area contributed by atoms with Crippen LogP contribution in [0.1, 0.15) is 12.5 Å². The highest BCUT2D eigenvalue weighted by atomic mass is 16.6. The number of hydrogen-bond donors (Lipinski definition) is 1. The summed E-state index contributed by atoms with van der Waals surface area (Å²) in [4.78, 5) is 23.7. The molecule has 0 saturated carbocycles. The molecule has 0 aliphatic carbocycles. The molecule has 21 heavy (non-hydrogen) atoms. The number of nitro groups is 1. The molecule has 0 radical (unpaired) electrons.